The minimum Gasteiger partial charge on any atom is -0.385 e. The number of anilines is 2. The molecule has 1 N–H and O–H groups in total. The molecule has 1 aromatic carbocycles. The van der Waals surface area contributed by atoms with Crippen LogP contribution in [0.5, 0.6) is 0 Å². The number of hydrogen-bond acceptors (Lipinski definition) is 2. The first-order valence-corrected chi connectivity index (χ1v) is 9.01. The molecule has 3 rings (SSSR count). The Balaban J connectivity index is 1.49. The highest BCUT2D eigenvalue weighted by molar-refractivity contribution is 5.55. The van der Waals surface area contributed by atoms with Gasteiger partial charge in [0.05, 0.1) is 0 Å². The molecule has 0 atom stereocenters. The number of rotatable bonds is 4. The van der Waals surface area contributed by atoms with Gasteiger partial charge in [-0.2, -0.15) is 0 Å². The molecule has 1 aromatic rings. The molecule has 21 heavy (non-hydrogen) atoms. The van der Waals surface area contributed by atoms with Gasteiger partial charge in [-0.3, -0.25) is 0 Å². The monoisotopic (exact) mass is 286 g/mol. The Kier molecular flexibility index (Phi) is 5.42. The fraction of sp³-hybridized carbons (Fsp3) is 0.684. The Labute approximate surface area is 129 Å². The lowest BCUT2D eigenvalue weighted by atomic mass is 10.0. The zero-order valence-corrected chi connectivity index (χ0v) is 13.3. The zero-order chi connectivity index (χ0) is 14.3. The Hall–Kier alpha value is -1.18. The van der Waals surface area contributed by atoms with Crippen LogP contribution >= 0.6 is 0 Å². The third kappa shape index (κ3) is 4.39. The molecule has 1 saturated carbocycles. The Morgan fingerprint density at radius 1 is 0.810 bits per heavy atom. The molecule has 1 saturated heterocycles. The van der Waals surface area contributed by atoms with Gasteiger partial charge in [0.1, 0.15) is 0 Å². The smallest absolute Gasteiger partial charge is 0.0367 e. The molecule has 1 aliphatic carbocycles. The maximum atomic E-state index is 3.65. The molecule has 2 aliphatic rings. The maximum Gasteiger partial charge on any atom is 0.0367 e. The molecule has 2 nitrogen and oxygen atoms in total. The third-order valence-corrected chi connectivity index (χ3v) is 5.16. The Bertz CT molecular complexity index is 398. The van der Waals surface area contributed by atoms with Crippen molar-refractivity contribution in [2.75, 3.05) is 29.9 Å². The number of piperidine rings is 1. The van der Waals surface area contributed by atoms with Crippen LogP contribution in [-0.2, 0) is 0 Å². The van der Waals surface area contributed by atoms with E-state index in [2.05, 4.69) is 34.5 Å². The number of nitrogens with zero attached hydrogens (tertiary/aromatic N) is 1. The van der Waals surface area contributed by atoms with Crippen molar-refractivity contribution >= 4 is 11.4 Å². The van der Waals surface area contributed by atoms with Gasteiger partial charge in [0.2, 0.25) is 0 Å². The lowest BCUT2D eigenvalue weighted by Crippen LogP contribution is -2.29. The lowest BCUT2D eigenvalue weighted by Gasteiger charge is -2.29. The minimum absolute atomic E-state index is 0.884. The van der Waals surface area contributed by atoms with Crippen LogP contribution in [0.1, 0.15) is 57.8 Å². The quantitative estimate of drug-likeness (QED) is 0.778. The second-order valence-corrected chi connectivity index (χ2v) is 6.83. The molecule has 0 unspecified atom stereocenters. The van der Waals surface area contributed by atoms with E-state index in [9.17, 15) is 0 Å². The molecule has 0 aromatic heterocycles. The van der Waals surface area contributed by atoms with Crippen LogP contribution in [0.3, 0.4) is 0 Å². The average molecular weight is 286 g/mol. The van der Waals surface area contributed by atoms with Crippen molar-refractivity contribution in [3.05, 3.63) is 24.3 Å². The number of hydrogen-bond donors (Lipinski definition) is 1. The highest BCUT2D eigenvalue weighted by Crippen LogP contribution is 2.25. The average Bonchev–Trinajstić information content (AvgIpc) is 2.83. The zero-order valence-electron chi connectivity index (χ0n) is 13.3. The molecule has 1 heterocycles. The summed E-state index contributed by atoms with van der Waals surface area (Å²) in [6, 6.07) is 9.11. The molecule has 116 valence electrons. The summed E-state index contributed by atoms with van der Waals surface area (Å²) in [5, 5.41) is 3.65. The van der Waals surface area contributed by atoms with E-state index in [1.54, 1.807) is 0 Å². The summed E-state index contributed by atoms with van der Waals surface area (Å²) in [5.41, 5.74) is 2.69. The van der Waals surface area contributed by atoms with Gasteiger partial charge >= 0.3 is 0 Å². The van der Waals surface area contributed by atoms with E-state index in [1.807, 2.05) is 0 Å². The standard InChI is InChI=1S/C19H30N2/c1-2-5-9-17(8-4-1)16-20-18-10-12-19(13-11-18)21-14-6-3-7-15-21/h10-13,17,20H,1-9,14-16H2. The number of benzene rings is 1. The predicted molar refractivity (Wildman–Crippen MR) is 92.2 cm³/mol. The fourth-order valence-electron chi connectivity index (χ4n) is 3.77. The van der Waals surface area contributed by atoms with Crippen molar-refractivity contribution in [3.63, 3.8) is 0 Å². The highest BCUT2D eigenvalue weighted by Gasteiger charge is 2.13. The summed E-state index contributed by atoms with van der Waals surface area (Å²) in [4.78, 5) is 2.53. The molecule has 0 bridgehead atoms. The van der Waals surface area contributed by atoms with Crippen molar-refractivity contribution < 1.29 is 0 Å². The van der Waals surface area contributed by atoms with Crippen molar-refractivity contribution in [2.45, 2.75) is 57.8 Å². The van der Waals surface area contributed by atoms with Gasteiger partial charge in [0, 0.05) is 31.0 Å². The SMILES string of the molecule is c1cc(N2CCCCC2)ccc1NCC1CCCCCC1. The molecule has 2 fully saturated rings. The van der Waals surface area contributed by atoms with Gasteiger partial charge in [0.15, 0.2) is 0 Å². The van der Waals surface area contributed by atoms with Gasteiger partial charge in [-0.1, -0.05) is 25.7 Å². The molecule has 2 heteroatoms. The van der Waals surface area contributed by atoms with Crippen LogP contribution in [0.25, 0.3) is 0 Å². The van der Waals surface area contributed by atoms with E-state index in [-0.39, 0.29) is 0 Å². The molecule has 0 radical (unpaired) electrons. The molecule has 0 amide bonds. The van der Waals surface area contributed by atoms with Crippen LogP contribution < -0.4 is 10.2 Å². The summed E-state index contributed by atoms with van der Waals surface area (Å²) in [7, 11) is 0. The van der Waals surface area contributed by atoms with Crippen LogP contribution in [0.4, 0.5) is 11.4 Å². The lowest BCUT2D eigenvalue weighted by molar-refractivity contribution is 0.483. The predicted octanol–water partition coefficient (Wildman–Crippen LogP) is 5.06. The Morgan fingerprint density at radius 3 is 2.10 bits per heavy atom. The van der Waals surface area contributed by atoms with Crippen LogP contribution in [-0.4, -0.2) is 19.6 Å². The molecular formula is C19H30N2. The van der Waals surface area contributed by atoms with E-state index in [1.165, 1.54) is 82.3 Å². The van der Waals surface area contributed by atoms with Gasteiger partial charge in [-0.15, -0.1) is 0 Å². The van der Waals surface area contributed by atoms with Gasteiger partial charge < -0.3 is 10.2 Å². The van der Waals surface area contributed by atoms with Crippen LogP contribution in [0.2, 0.25) is 0 Å². The maximum absolute atomic E-state index is 3.65. The van der Waals surface area contributed by atoms with Crippen LogP contribution in [0, 0.1) is 5.92 Å². The molecular weight excluding hydrogens is 256 g/mol. The molecule has 0 spiro atoms. The number of nitrogens with one attached hydrogen (secondary N) is 1. The van der Waals surface area contributed by atoms with Crippen LogP contribution in [0.15, 0.2) is 24.3 Å². The summed E-state index contributed by atoms with van der Waals surface area (Å²) in [5.74, 6) is 0.884. The second kappa shape index (κ2) is 7.72. The van der Waals surface area contributed by atoms with Gasteiger partial charge in [-0.25, -0.2) is 0 Å². The van der Waals surface area contributed by atoms with E-state index >= 15 is 0 Å². The van der Waals surface area contributed by atoms with E-state index < -0.39 is 0 Å². The van der Waals surface area contributed by atoms with E-state index in [0.717, 1.165) is 12.5 Å². The first-order valence-electron chi connectivity index (χ1n) is 9.01. The third-order valence-electron chi connectivity index (χ3n) is 5.16. The fourth-order valence-corrected chi connectivity index (χ4v) is 3.77. The Morgan fingerprint density at radius 2 is 1.43 bits per heavy atom. The first kappa shape index (κ1) is 14.7. The first-order chi connectivity index (χ1) is 10.4. The van der Waals surface area contributed by atoms with Crippen molar-refractivity contribution in [3.8, 4) is 0 Å². The summed E-state index contributed by atoms with van der Waals surface area (Å²) in [6.45, 7) is 3.62. The van der Waals surface area contributed by atoms with E-state index in [0.29, 0.717) is 0 Å². The summed E-state index contributed by atoms with van der Waals surface area (Å²) < 4.78 is 0. The topological polar surface area (TPSA) is 15.3 Å². The summed E-state index contributed by atoms with van der Waals surface area (Å²) >= 11 is 0. The second-order valence-electron chi connectivity index (χ2n) is 6.83. The minimum atomic E-state index is 0.884. The normalized spacial score (nSPS) is 21.0. The van der Waals surface area contributed by atoms with E-state index in [4.69, 9.17) is 0 Å². The van der Waals surface area contributed by atoms with Gasteiger partial charge in [0.25, 0.3) is 0 Å². The molecule has 1 aliphatic heterocycles. The van der Waals surface area contributed by atoms with Crippen molar-refractivity contribution in [1.29, 1.82) is 0 Å². The van der Waals surface area contributed by atoms with Crippen molar-refractivity contribution in [2.24, 2.45) is 5.92 Å². The summed E-state index contributed by atoms with van der Waals surface area (Å²) in [6.07, 6.45) is 12.7. The van der Waals surface area contributed by atoms with Crippen molar-refractivity contribution in [1.82, 2.24) is 0 Å². The largest absolute Gasteiger partial charge is 0.385 e. The highest BCUT2D eigenvalue weighted by atomic mass is 15.1. The van der Waals surface area contributed by atoms with Gasteiger partial charge in [-0.05, 0) is 62.3 Å².